The smallest absolute Gasteiger partial charge is 0.338 e. The quantitative estimate of drug-likeness (QED) is 0.501. The highest BCUT2D eigenvalue weighted by Gasteiger charge is 2.23. The lowest BCUT2D eigenvalue weighted by Gasteiger charge is -2.13. The number of carbonyl (C=O) groups excluding carboxylic acids is 2. The number of hydrogen-bond donors (Lipinski definition) is 1. The number of carbonyl (C=O) groups is 2. The summed E-state index contributed by atoms with van der Waals surface area (Å²) in [4.78, 5) is 28.8. The first-order valence-electron chi connectivity index (χ1n) is 9.29. The Kier molecular flexibility index (Phi) is 7.29. The number of hydrogen-bond acceptors (Lipinski definition) is 7. The van der Waals surface area contributed by atoms with E-state index >= 15 is 0 Å². The summed E-state index contributed by atoms with van der Waals surface area (Å²) in [5, 5.41) is 5.50. The van der Waals surface area contributed by atoms with Crippen molar-refractivity contribution in [1.29, 1.82) is 0 Å². The van der Waals surface area contributed by atoms with Gasteiger partial charge in [-0.25, -0.2) is 22.5 Å². The van der Waals surface area contributed by atoms with Gasteiger partial charge in [0, 0.05) is 30.7 Å². The monoisotopic (exact) mass is 493 g/mol. The fraction of sp³-hybridized carbons (Fsp3) is 0.190. The topological polar surface area (TPSA) is 106 Å². The predicted octanol–water partition coefficient (Wildman–Crippen LogP) is 3.82. The molecule has 8 nitrogen and oxygen atoms in total. The van der Waals surface area contributed by atoms with Crippen molar-refractivity contribution in [3.8, 4) is 11.3 Å². The third kappa shape index (κ3) is 5.52. The molecular weight excluding hydrogens is 474 g/mol. The first kappa shape index (κ1) is 23.9. The van der Waals surface area contributed by atoms with E-state index in [9.17, 15) is 18.0 Å². The number of thiazole rings is 1. The number of ether oxygens (including phenoxy) is 1. The fourth-order valence-corrected chi connectivity index (χ4v) is 4.70. The van der Waals surface area contributed by atoms with Gasteiger partial charge in [-0.05, 0) is 37.3 Å². The van der Waals surface area contributed by atoms with Crippen LogP contribution in [-0.4, -0.2) is 50.3 Å². The van der Waals surface area contributed by atoms with Crippen molar-refractivity contribution in [3.05, 3.63) is 63.4 Å². The third-order valence-corrected chi connectivity index (χ3v) is 7.39. The average Bonchev–Trinajstić information content (AvgIpc) is 3.18. The lowest BCUT2D eigenvalue weighted by atomic mass is 10.1. The van der Waals surface area contributed by atoms with E-state index in [1.807, 2.05) is 18.4 Å². The molecule has 0 unspecified atom stereocenters. The number of rotatable bonds is 7. The molecule has 0 aliphatic carbocycles. The normalized spacial score (nSPS) is 11.4. The van der Waals surface area contributed by atoms with Crippen LogP contribution >= 0.6 is 22.9 Å². The number of amides is 1. The number of nitrogens with one attached hydrogen (secondary N) is 1. The van der Waals surface area contributed by atoms with Crippen molar-refractivity contribution < 1.29 is 22.7 Å². The van der Waals surface area contributed by atoms with Crippen LogP contribution in [0.2, 0.25) is 5.02 Å². The van der Waals surface area contributed by atoms with Crippen LogP contribution in [0.4, 0.5) is 5.69 Å². The van der Waals surface area contributed by atoms with Crippen LogP contribution < -0.4 is 5.32 Å². The lowest BCUT2D eigenvalue weighted by Crippen LogP contribution is -2.23. The molecular formula is C21H20ClN3O5S2. The summed E-state index contributed by atoms with van der Waals surface area (Å²) in [5.41, 5.74) is 2.14. The summed E-state index contributed by atoms with van der Waals surface area (Å²) in [6, 6.07) is 10.9. The van der Waals surface area contributed by atoms with E-state index in [1.54, 1.807) is 18.2 Å². The van der Waals surface area contributed by atoms with Crippen molar-refractivity contribution in [2.24, 2.45) is 0 Å². The summed E-state index contributed by atoms with van der Waals surface area (Å²) in [5.74, 6) is -1.39. The highest BCUT2D eigenvalue weighted by atomic mass is 35.5. The molecule has 1 aromatic heterocycles. The van der Waals surface area contributed by atoms with Crippen LogP contribution in [0.3, 0.4) is 0 Å². The standard InChI is InChI=1S/C21H20ClN3O5S2/c1-13-23-18(12-31-13)14-5-4-6-16(9-14)24-20(26)11-30-21(27)15-7-8-17(22)19(10-15)32(28,29)25(2)3/h4-10,12H,11H2,1-3H3,(H,24,26). The van der Waals surface area contributed by atoms with Crippen molar-refractivity contribution in [2.75, 3.05) is 26.0 Å². The van der Waals surface area contributed by atoms with E-state index in [0.29, 0.717) is 5.69 Å². The maximum absolute atomic E-state index is 12.3. The molecule has 0 saturated heterocycles. The maximum Gasteiger partial charge on any atom is 0.338 e. The lowest BCUT2D eigenvalue weighted by molar-refractivity contribution is -0.119. The number of aromatic nitrogens is 1. The summed E-state index contributed by atoms with van der Waals surface area (Å²) in [6.07, 6.45) is 0. The maximum atomic E-state index is 12.3. The molecule has 168 valence electrons. The molecule has 0 fully saturated rings. The molecule has 3 aromatic rings. The molecule has 1 amide bonds. The van der Waals surface area contributed by atoms with Crippen molar-refractivity contribution in [1.82, 2.24) is 9.29 Å². The van der Waals surface area contributed by atoms with Crippen LogP contribution in [0.1, 0.15) is 15.4 Å². The molecule has 32 heavy (non-hydrogen) atoms. The summed E-state index contributed by atoms with van der Waals surface area (Å²) < 4.78 is 30.7. The zero-order valence-corrected chi connectivity index (χ0v) is 19.8. The first-order valence-corrected chi connectivity index (χ1v) is 12.0. The Balaban J connectivity index is 1.65. The second-order valence-electron chi connectivity index (χ2n) is 6.89. The van der Waals surface area contributed by atoms with Gasteiger partial charge in [0.15, 0.2) is 6.61 Å². The van der Waals surface area contributed by atoms with Crippen molar-refractivity contribution in [3.63, 3.8) is 0 Å². The van der Waals surface area contributed by atoms with Gasteiger partial charge < -0.3 is 10.1 Å². The number of nitrogens with zero attached hydrogens (tertiary/aromatic N) is 2. The summed E-state index contributed by atoms with van der Waals surface area (Å²) >= 11 is 7.51. The molecule has 0 aliphatic heterocycles. The second kappa shape index (κ2) is 9.78. The number of anilines is 1. The molecule has 0 aliphatic rings. The zero-order valence-electron chi connectivity index (χ0n) is 17.5. The van der Waals surface area contributed by atoms with E-state index in [4.69, 9.17) is 16.3 Å². The van der Waals surface area contributed by atoms with Crippen LogP contribution in [-0.2, 0) is 19.6 Å². The molecule has 0 radical (unpaired) electrons. The molecule has 0 atom stereocenters. The predicted molar refractivity (Wildman–Crippen MR) is 124 cm³/mol. The average molecular weight is 494 g/mol. The number of halogens is 1. The first-order chi connectivity index (χ1) is 15.1. The summed E-state index contributed by atoms with van der Waals surface area (Å²) in [7, 11) is -1.15. The Hall–Kier alpha value is -2.79. The molecule has 0 bridgehead atoms. The Morgan fingerprint density at radius 2 is 1.94 bits per heavy atom. The van der Waals surface area contributed by atoms with Gasteiger partial charge in [0.2, 0.25) is 10.0 Å². The Morgan fingerprint density at radius 1 is 1.19 bits per heavy atom. The molecule has 1 heterocycles. The molecule has 11 heteroatoms. The Bertz CT molecular complexity index is 1270. The van der Waals surface area contributed by atoms with E-state index in [2.05, 4.69) is 10.3 Å². The highest BCUT2D eigenvalue weighted by Crippen LogP contribution is 2.26. The third-order valence-electron chi connectivity index (χ3n) is 4.32. The Labute approximate surface area is 194 Å². The van der Waals surface area contributed by atoms with Crippen molar-refractivity contribution >= 4 is 50.5 Å². The van der Waals surface area contributed by atoms with E-state index in [-0.39, 0.29) is 15.5 Å². The van der Waals surface area contributed by atoms with Gasteiger partial charge in [0.05, 0.1) is 21.3 Å². The van der Waals surface area contributed by atoms with Gasteiger partial charge in [-0.1, -0.05) is 23.7 Å². The van der Waals surface area contributed by atoms with Crippen molar-refractivity contribution in [2.45, 2.75) is 11.8 Å². The Morgan fingerprint density at radius 3 is 2.59 bits per heavy atom. The van der Waals surface area contributed by atoms with E-state index in [1.165, 1.54) is 37.6 Å². The molecule has 1 N–H and O–H groups in total. The number of sulfonamides is 1. The number of aryl methyl sites for hydroxylation is 1. The van der Waals surface area contributed by atoms with Gasteiger partial charge in [-0.2, -0.15) is 0 Å². The van der Waals surface area contributed by atoms with Crippen LogP contribution in [0.5, 0.6) is 0 Å². The van der Waals surface area contributed by atoms with Crippen LogP contribution in [0, 0.1) is 6.92 Å². The molecule has 3 rings (SSSR count). The minimum absolute atomic E-state index is 0.0248. The molecule has 0 spiro atoms. The van der Waals surface area contributed by atoms with E-state index < -0.39 is 28.5 Å². The SMILES string of the molecule is Cc1nc(-c2cccc(NC(=O)COC(=O)c3ccc(Cl)c(S(=O)(=O)N(C)C)c3)c2)cs1. The fourth-order valence-electron chi connectivity index (χ4n) is 2.69. The zero-order chi connectivity index (χ0) is 23.5. The number of esters is 1. The van der Waals surface area contributed by atoms with Crippen LogP contribution in [0.25, 0.3) is 11.3 Å². The van der Waals surface area contributed by atoms with E-state index in [0.717, 1.165) is 26.6 Å². The second-order valence-corrected chi connectivity index (χ2v) is 10.5. The summed E-state index contributed by atoms with van der Waals surface area (Å²) in [6.45, 7) is 1.37. The van der Waals surface area contributed by atoms with Gasteiger partial charge in [0.25, 0.3) is 5.91 Å². The van der Waals surface area contributed by atoms with Crippen LogP contribution in [0.15, 0.2) is 52.7 Å². The van der Waals surface area contributed by atoms with Gasteiger partial charge in [0.1, 0.15) is 4.90 Å². The van der Waals surface area contributed by atoms with Gasteiger partial charge >= 0.3 is 5.97 Å². The largest absolute Gasteiger partial charge is 0.452 e. The minimum atomic E-state index is -3.85. The molecule has 2 aromatic carbocycles. The number of benzene rings is 2. The van der Waals surface area contributed by atoms with Gasteiger partial charge in [-0.3, -0.25) is 4.79 Å². The minimum Gasteiger partial charge on any atom is -0.452 e. The van der Waals surface area contributed by atoms with Gasteiger partial charge in [-0.15, -0.1) is 11.3 Å². The highest BCUT2D eigenvalue weighted by molar-refractivity contribution is 7.89. The molecule has 0 saturated carbocycles.